The van der Waals surface area contributed by atoms with Crippen molar-refractivity contribution in [2.24, 2.45) is 0 Å². The summed E-state index contributed by atoms with van der Waals surface area (Å²) < 4.78 is 12.6. The SMILES string of the molecule is CCn1cc(NC(=O)c2cccc(COc3c(Cl)cc(Cl)cc3Cl)c2)c(C(=O)NCc2ccco2)n1. The number of hydrogen-bond donors (Lipinski definition) is 2. The Morgan fingerprint density at radius 2 is 1.83 bits per heavy atom. The molecule has 36 heavy (non-hydrogen) atoms. The maximum absolute atomic E-state index is 13.0. The van der Waals surface area contributed by atoms with Gasteiger partial charge in [-0.25, -0.2) is 0 Å². The summed E-state index contributed by atoms with van der Waals surface area (Å²) >= 11 is 18.3. The molecule has 2 N–H and O–H groups in total. The Morgan fingerprint density at radius 1 is 1.06 bits per heavy atom. The van der Waals surface area contributed by atoms with Gasteiger partial charge in [0.05, 0.1) is 28.5 Å². The lowest BCUT2D eigenvalue weighted by atomic mass is 10.1. The van der Waals surface area contributed by atoms with Gasteiger partial charge in [-0.2, -0.15) is 5.10 Å². The average molecular weight is 548 g/mol. The van der Waals surface area contributed by atoms with Crippen LogP contribution in [-0.2, 0) is 19.7 Å². The van der Waals surface area contributed by atoms with Crippen molar-refractivity contribution >= 4 is 52.3 Å². The molecule has 0 aliphatic carbocycles. The molecule has 2 amide bonds. The maximum Gasteiger partial charge on any atom is 0.274 e. The molecule has 0 saturated heterocycles. The predicted octanol–water partition coefficient (Wildman–Crippen LogP) is 6.22. The Bertz CT molecular complexity index is 1360. The summed E-state index contributed by atoms with van der Waals surface area (Å²) in [6.07, 6.45) is 3.13. The summed E-state index contributed by atoms with van der Waals surface area (Å²) in [5, 5.41) is 10.8. The van der Waals surface area contributed by atoms with Gasteiger partial charge in [0.25, 0.3) is 11.8 Å². The van der Waals surface area contributed by atoms with E-state index >= 15 is 0 Å². The number of nitrogens with one attached hydrogen (secondary N) is 2. The number of aromatic nitrogens is 2. The second-order valence-electron chi connectivity index (χ2n) is 7.65. The molecule has 4 rings (SSSR count). The Hall–Kier alpha value is -3.46. The zero-order valence-electron chi connectivity index (χ0n) is 19.1. The highest BCUT2D eigenvalue weighted by Crippen LogP contribution is 2.36. The quantitative estimate of drug-likeness (QED) is 0.259. The maximum atomic E-state index is 13.0. The first-order chi connectivity index (χ1) is 17.3. The first-order valence-corrected chi connectivity index (χ1v) is 12.0. The van der Waals surface area contributed by atoms with Crippen LogP contribution in [0, 0.1) is 0 Å². The number of anilines is 1. The minimum Gasteiger partial charge on any atom is -0.486 e. The number of carbonyl (C=O) groups is 2. The topological polar surface area (TPSA) is 98.4 Å². The molecule has 2 aromatic heterocycles. The van der Waals surface area contributed by atoms with Crippen LogP contribution >= 0.6 is 34.8 Å². The van der Waals surface area contributed by atoms with Gasteiger partial charge >= 0.3 is 0 Å². The van der Waals surface area contributed by atoms with E-state index in [4.69, 9.17) is 44.0 Å². The van der Waals surface area contributed by atoms with E-state index < -0.39 is 11.8 Å². The highest BCUT2D eigenvalue weighted by atomic mass is 35.5. The second kappa shape index (κ2) is 11.5. The van der Waals surface area contributed by atoms with Gasteiger partial charge in [0.15, 0.2) is 11.4 Å². The predicted molar refractivity (Wildman–Crippen MR) is 138 cm³/mol. The molecular weight excluding hydrogens is 527 g/mol. The number of halogens is 3. The van der Waals surface area contributed by atoms with Crippen molar-refractivity contribution in [3.05, 3.63) is 98.6 Å². The fraction of sp³-hybridized carbons (Fsp3) is 0.160. The third-order valence-corrected chi connectivity index (χ3v) is 5.87. The van der Waals surface area contributed by atoms with E-state index in [1.165, 1.54) is 18.4 Å². The number of benzene rings is 2. The monoisotopic (exact) mass is 546 g/mol. The van der Waals surface area contributed by atoms with Crippen LogP contribution in [0.15, 0.2) is 65.4 Å². The van der Waals surface area contributed by atoms with Crippen LogP contribution in [0.4, 0.5) is 5.69 Å². The molecule has 186 valence electrons. The second-order valence-corrected chi connectivity index (χ2v) is 8.90. The van der Waals surface area contributed by atoms with Gasteiger partial charge in [-0.3, -0.25) is 14.3 Å². The van der Waals surface area contributed by atoms with Crippen LogP contribution in [0.2, 0.25) is 15.1 Å². The molecule has 0 radical (unpaired) electrons. The summed E-state index contributed by atoms with van der Waals surface area (Å²) in [7, 11) is 0. The summed E-state index contributed by atoms with van der Waals surface area (Å²) in [6.45, 7) is 2.72. The number of ether oxygens (including phenoxy) is 1. The van der Waals surface area contributed by atoms with Crippen LogP contribution in [0.5, 0.6) is 5.75 Å². The van der Waals surface area contributed by atoms with Crippen molar-refractivity contribution in [3.8, 4) is 5.75 Å². The summed E-state index contributed by atoms with van der Waals surface area (Å²) in [5.41, 5.74) is 1.48. The third-order valence-electron chi connectivity index (χ3n) is 5.09. The van der Waals surface area contributed by atoms with Crippen LogP contribution in [-0.4, -0.2) is 21.6 Å². The van der Waals surface area contributed by atoms with Crippen molar-refractivity contribution in [1.29, 1.82) is 0 Å². The minimum atomic E-state index is -0.437. The minimum absolute atomic E-state index is 0.100. The molecule has 0 aliphatic heterocycles. The zero-order chi connectivity index (χ0) is 25.7. The smallest absolute Gasteiger partial charge is 0.274 e. The van der Waals surface area contributed by atoms with Crippen LogP contribution < -0.4 is 15.4 Å². The first kappa shape index (κ1) is 25.6. The third kappa shape index (κ3) is 6.20. The highest BCUT2D eigenvalue weighted by molar-refractivity contribution is 6.40. The lowest BCUT2D eigenvalue weighted by molar-refractivity contribution is 0.0943. The van der Waals surface area contributed by atoms with E-state index in [1.807, 2.05) is 6.92 Å². The van der Waals surface area contributed by atoms with Gasteiger partial charge < -0.3 is 19.8 Å². The highest BCUT2D eigenvalue weighted by Gasteiger charge is 2.20. The van der Waals surface area contributed by atoms with Crippen molar-refractivity contribution in [2.75, 3.05) is 5.32 Å². The molecule has 0 fully saturated rings. The Morgan fingerprint density at radius 3 is 2.53 bits per heavy atom. The van der Waals surface area contributed by atoms with Gasteiger partial charge in [-0.15, -0.1) is 0 Å². The van der Waals surface area contributed by atoms with E-state index in [9.17, 15) is 9.59 Å². The van der Waals surface area contributed by atoms with Crippen molar-refractivity contribution in [2.45, 2.75) is 26.6 Å². The lowest BCUT2D eigenvalue weighted by Gasteiger charge is -2.11. The molecule has 4 aromatic rings. The molecular formula is C25H21Cl3N4O4. The number of rotatable bonds is 9. The molecule has 0 spiro atoms. The van der Waals surface area contributed by atoms with Crippen molar-refractivity contribution < 1.29 is 18.7 Å². The van der Waals surface area contributed by atoms with E-state index in [1.54, 1.807) is 47.3 Å². The largest absolute Gasteiger partial charge is 0.486 e. The Kier molecular flexibility index (Phi) is 8.20. The fourth-order valence-electron chi connectivity index (χ4n) is 3.33. The molecule has 2 heterocycles. The van der Waals surface area contributed by atoms with E-state index in [2.05, 4.69) is 15.7 Å². The Balaban J connectivity index is 1.46. The summed E-state index contributed by atoms with van der Waals surface area (Å²) in [4.78, 5) is 25.7. The zero-order valence-corrected chi connectivity index (χ0v) is 21.3. The summed E-state index contributed by atoms with van der Waals surface area (Å²) in [6, 6.07) is 13.4. The average Bonchev–Trinajstić information content (AvgIpc) is 3.52. The molecule has 0 saturated carbocycles. The Labute approximate surface area is 222 Å². The van der Waals surface area contributed by atoms with E-state index in [0.29, 0.717) is 39.9 Å². The molecule has 8 nitrogen and oxygen atoms in total. The molecule has 0 bridgehead atoms. The standard InChI is InChI=1S/C25H21Cl3N4O4/c1-2-32-13-21(22(31-32)25(34)29-12-18-7-4-8-35-18)30-24(33)16-6-3-5-15(9-16)14-36-23-19(27)10-17(26)11-20(23)28/h3-11,13H,2,12,14H2,1H3,(H,29,34)(H,30,33). The lowest BCUT2D eigenvalue weighted by Crippen LogP contribution is -2.25. The number of amides is 2. The molecule has 0 unspecified atom stereocenters. The van der Waals surface area contributed by atoms with Gasteiger partial charge in [0, 0.05) is 23.3 Å². The first-order valence-electron chi connectivity index (χ1n) is 10.9. The fourth-order valence-corrected chi connectivity index (χ4v) is 4.25. The number of nitrogens with zero attached hydrogens (tertiary/aromatic N) is 2. The normalized spacial score (nSPS) is 10.8. The van der Waals surface area contributed by atoms with Crippen LogP contribution in [0.3, 0.4) is 0 Å². The van der Waals surface area contributed by atoms with Crippen LogP contribution in [0.25, 0.3) is 0 Å². The van der Waals surface area contributed by atoms with Crippen molar-refractivity contribution in [1.82, 2.24) is 15.1 Å². The number of aryl methyl sites for hydroxylation is 1. The van der Waals surface area contributed by atoms with Crippen LogP contribution in [0.1, 0.15) is 39.1 Å². The van der Waals surface area contributed by atoms with E-state index in [0.717, 1.165) is 0 Å². The molecule has 0 atom stereocenters. The van der Waals surface area contributed by atoms with Gasteiger partial charge in [-0.05, 0) is 48.9 Å². The molecule has 11 heteroatoms. The number of furan rings is 1. The van der Waals surface area contributed by atoms with Gasteiger partial charge in [0.2, 0.25) is 0 Å². The number of hydrogen-bond acceptors (Lipinski definition) is 5. The van der Waals surface area contributed by atoms with Gasteiger partial charge in [0.1, 0.15) is 12.4 Å². The molecule has 0 aliphatic rings. The summed E-state index contributed by atoms with van der Waals surface area (Å²) in [5.74, 6) is 0.0572. The molecule has 2 aromatic carbocycles. The van der Waals surface area contributed by atoms with Crippen molar-refractivity contribution in [3.63, 3.8) is 0 Å². The van der Waals surface area contributed by atoms with Gasteiger partial charge in [-0.1, -0.05) is 46.9 Å². The van der Waals surface area contributed by atoms with E-state index in [-0.39, 0.29) is 28.9 Å². The number of carbonyl (C=O) groups excluding carboxylic acids is 2.